The molecule has 0 bridgehead atoms. The third-order valence-corrected chi connectivity index (χ3v) is 3.08. The third-order valence-electron chi connectivity index (χ3n) is 3.08. The summed E-state index contributed by atoms with van der Waals surface area (Å²) >= 11 is 0. The molecule has 1 atom stereocenters. The molecule has 0 amide bonds. The van der Waals surface area contributed by atoms with Crippen molar-refractivity contribution < 1.29 is 14.1 Å². The van der Waals surface area contributed by atoms with Gasteiger partial charge in [-0.1, -0.05) is 0 Å². The molecule has 0 aromatic heterocycles. The van der Waals surface area contributed by atoms with E-state index >= 15 is 0 Å². The Labute approximate surface area is 104 Å². The summed E-state index contributed by atoms with van der Waals surface area (Å²) in [7, 11) is 0. The monoisotopic (exact) mass is 254 g/mol. The minimum absolute atomic E-state index is 0.225. The van der Waals surface area contributed by atoms with Gasteiger partial charge in [-0.05, 0) is 25.0 Å². The quantitative estimate of drug-likeness (QED) is 0.662. The maximum Gasteiger partial charge on any atom is 0.295 e. The van der Waals surface area contributed by atoms with E-state index in [0.29, 0.717) is 30.3 Å². The fourth-order valence-electron chi connectivity index (χ4n) is 1.96. The highest BCUT2D eigenvalue weighted by atomic mass is 19.1. The summed E-state index contributed by atoms with van der Waals surface area (Å²) in [5.74, 6) is -0.202. The standard InChI is InChI=1S/C12H15FN2O3/c1-8-4-11(12(15(16)17)5-10(8)13)14-6-9-2-3-18-7-9/h4-5,9,14H,2-3,6-7H2,1H3. The Morgan fingerprint density at radius 3 is 3.00 bits per heavy atom. The molecule has 98 valence electrons. The number of anilines is 1. The van der Waals surface area contributed by atoms with Crippen LogP contribution in [-0.2, 0) is 4.74 Å². The lowest BCUT2D eigenvalue weighted by molar-refractivity contribution is -0.384. The molecule has 1 aliphatic rings. The van der Waals surface area contributed by atoms with E-state index in [4.69, 9.17) is 4.74 Å². The lowest BCUT2D eigenvalue weighted by atomic mass is 10.1. The molecular weight excluding hydrogens is 239 g/mol. The number of benzene rings is 1. The lowest BCUT2D eigenvalue weighted by Crippen LogP contribution is -2.15. The van der Waals surface area contributed by atoms with Crippen molar-refractivity contribution >= 4 is 11.4 Å². The zero-order valence-electron chi connectivity index (χ0n) is 10.1. The van der Waals surface area contributed by atoms with Crippen LogP contribution in [0.5, 0.6) is 0 Å². The van der Waals surface area contributed by atoms with E-state index in [1.807, 2.05) is 0 Å². The van der Waals surface area contributed by atoms with Crippen molar-refractivity contribution in [2.75, 3.05) is 25.1 Å². The van der Waals surface area contributed by atoms with Crippen LogP contribution in [0.25, 0.3) is 0 Å². The summed E-state index contributed by atoms with van der Waals surface area (Å²) in [4.78, 5) is 10.3. The summed E-state index contributed by atoms with van der Waals surface area (Å²) in [6, 6.07) is 2.44. The Hall–Kier alpha value is -1.69. The van der Waals surface area contributed by atoms with Gasteiger partial charge in [-0.2, -0.15) is 0 Å². The minimum Gasteiger partial charge on any atom is -0.381 e. The van der Waals surface area contributed by atoms with E-state index in [-0.39, 0.29) is 5.69 Å². The molecule has 1 aliphatic heterocycles. The minimum atomic E-state index is -0.573. The van der Waals surface area contributed by atoms with Crippen LogP contribution in [0.15, 0.2) is 12.1 Å². The van der Waals surface area contributed by atoms with Gasteiger partial charge in [0.05, 0.1) is 17.6 Å². The molecule has 0 aliphatic carbocycles. The van der Waals surface area contributed by atoms with Crippen LogP contribution in [0, 0.1) is 28.8 Å². The second kappa shape index (κ2) is 5.30. The number of hydrogen-bond acceptors (Lipinski definition) is 4. The van der Waals surface area contributed by atoms with E-state index in [9.17, 15) is 14.5 Å². The second-order valence-electron chi connectivity index (χ2n) is 4.49. The van der Waals surface area contributed by atoms with Crippen molar-refractivity contribution in [3.63, 3.8) is 0 Å². The SMILES string of the molecule is Cc1cc(NCC2CCOC2)c([N+](=O)[O-])cc1F. The van der Waals surface area contributed by atoms with Gasteiger partial charge in [0.15, 0.2) is 0 Å². The Morgan fingerprint density at radius 1 is 1.61 bits per heavy atom. The zero-order valence-corrected chi connectivity index (χ0v) is 10.1. The molecule has 1 N–H and O–H groups in total. The molecule has 5 nitrogen and oxygen atoms in total. The van der Waals surface area contributed by atoms with E-state index in [2.05, 4.69) is 5.32 Å². The molecule has 0 radical (unpaired) electrons. The Kier molecular flexibility index (Phi) is 3.76. The highest BCUT2D eigenvalue weighted by Gasteiger charge is 2.20. The number of ether oxygens (including phenoxy) is 1. The van der Waals surface area contributed by atoms with E-state index < -0.39 is 10.7 Å². The molecule has 1 aromatic rings. The maximum atomic E-state index is 13.3. The molecular formula is C12H15FN2O3. The molecule has 2 rings (SSSR count). The van der Waals surface area contributed by atoms with E-state index in [1.165, 1.54) is 6.07 Å². The smallest absolute Gasteiger partial charge is 0.295 e. The van der Waals surface area contributed by atoms with Gasteiger partial charge in [-0.15, -0.1) is 0 Å². The Balaban J connectivity index is 2.14. The van der Waals surface area contributed by atoms with E-state index in [1.54, 1.807) is 6.92 Å². The summed E-state index contributed by atoms with van der Waals surface area (Å²) < 4.78 is 18.5. The van der Waals surface area contributed by atoms with Crippen LogP contribution in [0.3, 0.4) is 0 Å². The summed E-state index contributed by atoms with van der Waals surface area (Å²) in [5, 5.41) is 13.9. The van der Waals surface area contributed by atoms with Crippen molar-refractivity contribution in [2.45, 2.75) is 13.3 Å². The van der Waals surface area contributed by atoms with Gasteiger partial charge in [0, 0.05) is 19.1 Å². The number of nitrogens with one attached hydrogen (secondary N) is 1. The maximum absolute atomic E-state index is 13.3. The van der Waals surface area contributed by atoms with Crippen molar-refractivity contribution in [3.05, 3.63) is 33.6 Å². The van der Waals surface area contributed by atoms with Gasteiger partial charge in [0.2, 0.25) is 0 Å². The van der Waals surface area contributed by atoms with Crippen LogP contribution in [0.2, 0.25) is 0 Å². The van der Waals surface area contributed by atoms with Crippen LogP contribution in [-0.4, -0.2) is 24.7 Å². The number of hydrogen-bond donors (Lipinski definition) is 1. The summed E-state index contributed by atoms with van der Waals surface area (Å²) in [6.45, 7) is 3.59. The Bertz CT molecular complexity index is 459. The summed E-state index contributed by atoms with van der Waals surface area (Å²) in [5.41, 5.74) is 0.536. The average molecular weight is 254 g/mol. The molecule has 1 heterocycles. The van der Waals surface area contributed by atoms with Gasteiger partial charge >= 0.3 is 0 Å². The molecule has 0 saturated carbocycles. The molecule has 0 spiro atoms. The fourth-order valence-corrected chi connectivity index (χ4v) is 1.96. The van der Waals surface area contributed by atoms with Crippen LogP contribution >= 0.6 is 0 Å². The number of nitro groups is 1. The molecule has 1 aromatic carbocycles. The number of nitrogens with zero attached hydrogens (tertiary/aromatic N) is 1. The normalized spacial score (nSPS) is 18.9. The van der Waals surface area contributed by atoms with Crippen molar-refractivity contribution in [1.29, 1.82) is 0 Å². The molecule has 6 heteroatoms. The second-order valence-corrected chi connectivity index (χ2v) is 4.49. The first-order valence-electron chi connectivity index (χ1n) is 5.84. The van der Waals surface area contributed by atoms with Crippen molar-refractivity contribution in [1.82, 2.24) is 0 Å². The van der Waals surface area contributed by atoms with Crippen LogP contribution in [0.4, 0.5) is 15.8 Å². The molecule has 1 fully saturated rings. The van der Waals surface area contributed by atoms with Gasteiger partial charge in [0.25, 0.3) is 5.69 Å². The van der Waals surface area contributed by atoms with Crippen molar-refractivity contribution in [2.24, 2.45) is 5.92 Å². The van der Waals surface area contributed by atoms with Crippen LogP contribution in [0.1, 0.15) is 12.0 Å². The molecule has 1 unspecified atom stereocenters. The van der Waals surface area contributed by atoms with Gasteiger partial charge in [0.1, 0.15) is 11.5 Å². The average Bonchev–Trinajstić information content (AvgIpc) is 2.83. The topological polar surface area (TPSA) is 64.4 Å². The largest absolute Gasteiger partial charge is 0.381 e. The number of aryl methyl sites for hydroxylation is 1. The van der Waals surface area contributed by atoms with E-state index in [0.717, 1.165) is 19.1 Å². The predicted molar refractivity (Wildman–Crippen MR) is 65.2 cm³/mol. The predicted octanol–water partition coefficient (Wildman–Crippen LogP) is 2.49. The fraction of sp³-hybridized carbons (Fsp3) is 0.500. The van der Waals surface area contributed by atoms with Gasteiger partial charge < -0.3 is 10.1 Å². The highest BCUT2D eigenvalue weighted by Crippen LogP contribution is 2.28. The first kappa shape index (κ1) is 12.8. The third kappa shape index (κ3) is 2.76. The van der Waals surface area contributed by atoms with Gasteiger partial charge in [-0.3, -0.25) is 10.1 Å². The number of halogens is 1. The van der Waals surface area contributed by atoms with Crippen LogP contribution < -0.4 is 5.32 Å². The van der Waals surface area contributed by atoms with Gasteiger partial charge in [-0.25, -0.2) is 4.39 Å². The molecule has 18 heavy (non-hydrogen) atoms. The highest BCUT2D eigenvalue weighted by molar-refractivity contribution is 5.63. The van der Waals surface area contributed by atoms with Crippen molar-refractivity contribution in [3.8, 4) is 0 Å². The number of rotatable bonds is 4. The first-order chi connectivity index (χ1) is 8.58. The zero-order chi connectivity index (χ0) is 13.1. The lowest BCUT2D eigenvalue weighted by Gasteiger charge is -2.11. The summed E-state index contributed by atoms with van der Waals surface area (Å²) in [6.07, 6.45) is 0.945. The number of nitro benzene ring substituents is 1. The Morgan fingerprint density at radius 2 is 2.39 bits per heavy atom. The first-order valence-corrected chi connectivity index (χ1v) is 5.84. The molecule has 1 saturated heterocycles.